The van der Waals surface area contributed by atoms with Gasteiger partial charge in [-0.1, -0.05) is 36.0 Å². The second-order valence-electron chi connectivity index (χ2n) is 6.99. The van der Waals surface area contributed by atoms with Crippen molar-refractivity contribution in [1.82, 2.24) is 9.97 Å². The molecule has 33 heavy (non-hydrogen) atoms. The lowest BCUT2D eigenvalue weighted by atomic mass is 10.1. The molecule has 3 aromatic carbocycles. The maximum atomic E-state index is 12.4. The van der Waals surface area contributed by atoms with E-state index >= 15 is 0 Å². The number of rotatable bonds is 8. The molecule has 0 spiro atoms. The SMILES string of the molecule is O=C(CSc1nc2ccccc2[nH]1)Nc1ccc(C(=O)/C=C/c2ccccc2[N+](=O)[O-])cc1. The summed E-state index contributed by atoms with van der Waals surface area (Å²) in [5, 5.41) is 14.5. The predicted molar refractivity (Wildman–Crippen MR) is 128 cm³/mol. The molecule has 0 fully saturated rings. The molecule has 1 aromatic heterocycles. The number of nitrogens with zero attached hydrogens (tertiary/aromatic N) is 2. The standard InChI is InChI=1S/C24H18N4O4S/c29-22(14-11-16-5-1-4-8-21(16)28(31)32)17-9-12-18(13-10-17)25-23(30)15-33-24-26-19-6-2-3-7-20(19)27-24/h1-14H,15H2,(H,25,30)(H,26,27)/b14-11+. The zero-order chi connectivity index (χ0) is 23.2. The van der Waals surface area contributed by atoms with E-state index in [1.165, 1.54) is 30.0 Å². The molecule has 164 valence electrons. The van der Waals surface area contributed by atoms with Crippen molar-refractivity contribution in [3.63, 3.8) is 0 Å². The number of amides is 1. The van der Waals surface area contributed by atoms with E-state index in [0.29, 0.717) is 22.0 Å². The van der Waals surface area contributed by atoms with Gasteiger partial charge in [0.25, 0.3) is 5.69 Å². The monoisotopic (exact) mass is 458 g/mol. The van der Waals surface area contributed by atoms with E-state index in [1.54, 1.807) is 42.5 Å². The molecule has 0 unspecified atom stereocenters. The summed E-state index contributed by atoms with van der Waals surface area (Å²) >= 11 is 1.30. The van der Waals surface area contributed by atoms with Crippen LogP contribution in [0.2, 0.25) is 0 Å². The van der Waals surface area contributed by atoms with Crippen molar-refractivity contribution >= 4 is 51.9 Å². The van der Waals surface area contributed by atoms with Crippen molar-refractivity contribution in [1.29, 1.82) is 0 Å². The third-order valence-electron chi connectivity index (χ3n) is 4.71. The largest absolute Gasteiger partial charge is 0.333 e. The Hall–Kier alpha value is -4.24. The van der Waals surface area contributed by atoms with E-state index in [4.69, 9.17) is 0 Å². The number of aromatic nitrogens is 2. The molecule has 0 bridgehead atoms. The first-order valence-corrected chi connectivity index (χ1v) is 10.9. The van der Waals surface area contributed by atoms with Crippen LogP contribution >= 0.6 is 11.8 Å². The van der Waals surface area contributed by atoms with Gasteiger partial charge in [0.1, 0.15) is 0 Å². The van der Waals surface area contributed by atoms with Crippen LogP contribution in [0.25, 0.3) is 17.1 Å². The summed E-state index contributed by atoms with van der Waals surface area (Å²) in [6, 6.07) is 20.3. The van der Waals surface area contributed by atoms with Crippen LogP contribution in [-0.2, 0) is 4.79 Å². The fourth-order valence-electron chi connectivity index (χ4n) is 3.10. The van der Waals surface area contributed by atoms with Crippen LogP contribution in [0.3, 0.4) is 0 Å². The molecule has 0 atom stereocenters. The predicted octanol–water partition coefficient (Wildman–Crippen LogP) is 5.10. The number of aromatic amines is 1. The molecule has 4 aromatic rings. The average molecular weight is 458 g/mol. The summed E-state index contributed by atoms with van der Waals surface area (Å²) in [6.45, 7) is 0. The van der Waals surface area contributed by atoms with Gasteiger partial charge in [-0.3, -0.25) is 19.7 Å². The minimum absolute atomic E-state index is 0.0693. The van der Waals surface area contributed by atoms with Crippen molar-refractivity contribution in [2.45, 2.75) is 5.16 Å². The number of thioether (sulfide) groups is 1. The molecular weight excluding hydrogens is 440 g/mol. The van der Waals surface area contributed by atoms with Crippen molar-refractivity contribution in [3.05, 3.63) is 100 Å². The molecule has 9 heteroatoms. The number of hydrogen-bond donors (Lipinski definition) is 2. The Morgan fingerprint density at radius 2 is 1.76 bits per heavy atom. The Kier molecular flexibility index (Phi) is 6.61. The van der Waals surface area contributed by atoms with Crippen LogP contribution in [0.5, 0.6) is 0 Å². The van der Waals surface area contributed by atoms with Gasteiger partial charge in [-0.2, -0.15) is 0 Å². The number of nitro benzene ring substituents is 1. The molecule has 1 amide bonds. The van der Waals surface area contributed by atoms with Gasteiger partial charge in [0.15, 0.2) is 10.9 Å². The number of ketones is 1. The van der Waals surface area contributed by atoms with Gasteiger partial charge in [-0.05, 0) is 54.6 Å². The first kappa shape index (κ1) is 22.0. The van der Waals surface area contributed by atoms with Crippen molar-refractivity contribution in [2.24, 2.45) is 0 Å². The van der Waals surface area contributed by atoms with Crippen LogP contribution in [0.4, 0.5) is 11.4 Å². The van der Waals surface area contributed by atoms with Crippen LogP contribution < -0.4 is 5.32 Å². The van der Waals surface area contributed by atoms with E-state index in [0.717, 1.165) is 11.0 Å². The summed E-state index contributed by atoms with van der Waals surface area (Å²) < 4.78 is 0. The lowest BCUT2D eigenvalue weighted by Gasteiger charge is -2.05. The Balaban J connectivity index is 1.33. The molecule has 1 heterocycles. The Bertz CT molecular complexity index is 1330. The molecule has 0 saturated heterocycles. The number of para-hydroxylation sites is 3. The molecule has 0 aliphatic carbocycles. The number of carbonyl (C=O) groups excluding carboxylic acids is 2. The second-order valence-corrected chi connectivity index (χ2v) is 7.95. The maximum absolute atomic E-state index is 12.4. The number of benzene rings is 3. The van der Waals surface area contributed by atoms with Crippen molar-refractivity contribution in [2.75, 3.05) is 11.1 Å². The van der Waals surface area contributed by atoms with Gasteiger partial charge in [-0.15, -0.1) is 0 Å². The third-order valence-corrected chi connectivity index (χ3v) is 5.58. The minimum atomic E-state index is -0.492. The number of nitrogens with one attached hydrogen (secondary N) is 2. The number of anilines is 1. The van der Waals surface area contributed by atoms with Crippen LogP contribution in [0.15, 0.2) is 84.0 Å². The number of hydrogen-bond acceptors (Lipinski definition) is 6. The van der Waals surface area contributed by atoms with Crippen molar-refractivity contribution < 1.29 is 14.5 Å². The lowest BCUT2D eigenvalue weighted by molar-refractivity contribution is -0.385. The second kappa shape index (κ2) is 9.92. The van der Waals surface area contributed by atoms with E-state index in [9.17, 15) is 19.7 Å². The van der Waals surface area contributed by atoms with Gasteiger partial charge < -0.3 is 10.3 Å². The average Bonchev–Trinajstić information content (AvgIpc) is 3.25. The fraction of sp³-hybridized carbons (Fsp3) is 0.0417. The highest BCUT2D eigenvalue weighted by molar-refractivity contribution is 7.99. The van der Waals surface area contributed by atoms with E-state index in [1.807, 2.05) is 24.3 Å². The Morgan fingerprint density at radius 1 is 1.03 bits per heavy atom. The van der Waals surface area contributed by atoms with E-state index in [2.05, 4.69) is 15.3 Å². The number of allylic oxidation sites excluding steroid dienone is 1. The molecule has 8 nitrogen and oxygen atoms in total. The Morgan fingerprint density at radius 3 is 2.52 bits per heavy atom. The van der Waals surface area contributed by atoms with Gasteiger partial charge >= 0.3 is 0 Å². The van der Waals surface area contributed by atoms with E-state index < -0.39 is 4.92 Å². The Labute approximate surface area is 192 Å². The van der Waals surface area contributed by atoms with Gasteiger partial charge in [0.2, 0.25) is 5.91 Å². The maximum Gasteiger partial charge on any atom is 0.276 e. The number of imidazole rings is 1. The minimum Gasteiger partial charge on any atom is -0.333 e. The summed E-state index contributed by atoms with van der Waals surface area (Å²) in [5.74, 6) is -0.318. The zero-order valence-corrected chi connectivity index (χ0v) is 18.0. The highest BCUT2D eigenvalue weighted by atomic mass is 32.2. The molecule has 0 saturated carbocycles. The topological polar surface area (TPSA) is 118 Å². The first-order chi connectivity index (χ1) is 16.0. The summed E-state index contributed by atoms with van der Waals surface area (Å²) in [7, 11) is 0. The number of H-pyrrole nitrogens is 1. The summed E-state index contributed by atoms with van der Waals surface area (Å²) in [5.41, 5.74) is 3.00. The summed E-state index contributed by atoms with van der Waals surface area (Å²) in [6.07, 6.45) is 2.71. The molecular formula is C24H18N4O4S. The molecule has 0 radical (unpaired) electrons. The van der Waals surface area contributed by atoms with E-state index in [-0.39, 0.29) is 23.1 Å². The van der Waals surface area contributed by atoms with Gasteiger partial charge in [0, 0.05) is 17.3 Å². The molecule has 0 aliphatic rings. The zero-order valence-electron chi connectivity index (χ0n) is 17.2. The molecule has 4 rings (SSSR count). The number of nitro groups is 1. The normalized spacial score (nSPS) is 11.0. The number of carbonyl (C=O) groups is 2. The highest BCUT2D eigenvalue weighted by Crippen LogP contribution is 2.21. The smallest absolute Gasteiger partial charge is 0.276 e. The van der Waals surface area contributed by atoms with Gasteiger partial charge in [-0.25, -0.2) is 4.98 Å². The van der Waals surface area contributed by atoms with Crippen molar-refractivity contribution in [3.8, 4) is 0 Å². The molecule has 2 N–H and O–H groups in total. The summed E-state index contributed by atoms with van der Waals surface area (Å²) in [4.78, 5) is 42.8. The first-order valence-electron chi connectivity index (χ1n) is 9.93. The highest BCUT2D eigenvalue weighted by Gasteiger charge is 2.11. The van der Waals surface area contributed by atoms with Crippen LogP contribution in [-0.4, -0.2) is 32.3 Å². The lowest BCUT2D eigenvalue weighted by Crippen LogP contribution is -2.14. The van der Waals surface area contributed by atoms with Crippen LogP contribution in [0.1, 0.15) is 15.9 Å². The quantitative estimate of drug-likeness (QED) is 0.125. The molecule has 0 aliphatic heterocycles. The fourth-order valence-corrected chi connectivity index (χ4v) is 3.79. The van der Waals surface area contributed by atoms with Gasteiger partial charge in [0.05, 0.1) is 27.3 Å². The third kappa shape index (κ3) is 5.52. The van der Waals surface area contributed by atoms with Crippen LogP contribution in [0, 0.1) is 10.1 Å². The number of fused-ring (bicyclic) bond motifs is 1.